The Kier molecular flexibility index (Phi) is 2.72. The topological polar surface area (TPSA) is 38.0 Å². The van der Waals surface area contributed by atoms with Gasteiger partial charge in [0.25, 0.3) is 0 Å². The second-order valence-electron chi connectivity index (χ2n) is 5.33. The Labute approximate surface area is 96.5 Å². The average molecular weight is 220 g/mol. The van der Waals surface area contributed by atoms with Crippen LogP contribution in [0.1, 0.15) is 50.3 Å². The number of hydrogen-bond acceptors (Lipinski definition) is 2. The van der Waals surface area contributed by atoms with E-state index in [0.717, 1.165) is 12.1 Å². The minimum Gasteiger partial charge on any atom is -0.392 e. The lowest BCUT2D eigenvalue weighted by molar-refractivity contribution is 0.150. The van der Waals surface area contributed by atoms with Crippen LogP contribution in [0.5, 0.6) is 0 Å². The quantitative estimate of drug-likeness (QED) is 0.845. The number of hydrogen-bond donors (Lipinski definition) is 1. The SMILES string of the molecule is OC(Cc1ccn(C2CCCC2)n1)C1CC1. The molecule has 0 bridgehead atoms. The molecule has 1 aromatic rings. The molecule has 1 N–H and O–H groups in total. The first-order valence-corrected chi connectivity index (χ1v) is 6.55. The van der Waals surface area contributed by atoms with E-state index < -0.39 is 0 Å². The molecule has 1 heterocycles. The molecule has 1 aromatic heterocycles. The number of aliphatic hydroxyl groups is 1. The van der Waals surface area contributed by atoms with Crippen molar-refractivity contribution in [3.8, 4) is 0 Å². The van der Waals surface area contributed by atoms with Crippen molar-refractivity contribution in [1.29, 1.82) is 0 Å². The summed E-state index contributed by atoms with van der Waals surface area (Å²) >= 11 is 0. The first kappa shape index (κ1) is 10.3. The first-order valence-electron chi connectivity index (χ1n) is 6.55. The molecule has 3 nitrogen and oxygen atoms in total. The van der Waals surface area contributed by atoms with Gasteiger partial charge in [0.15, 0.2) is 0 Å². The van der Waals surface area contributed by atoms with Crippen LogP contribution in [0.3, 0.4) is 0 Å². The van der Waals surface area contributed by atoms with Gasteiger partial charge in [-0.05, 0) is 37.7 Å². The number of aliphatic hydroxyl groups excluding tert-OH is 1. The maximum Gasteiger partial charge on any atom is 0.0650 e. The Morgan fingerprint density at radius 2 is 2.06 bits per heavy atom. The monoisotopic (exact) mass is 220 g/mol. The predicted octanol–water partition coefficient (Wildman–Crippen LogP) is 2.31. The fraction of sp³-hybridized carbons (Fsp3) is 0.769. The third kappa shape index (κ3) is 2.14. The van der Waals surface area contributed by atoms with Crippen LogP contribution < -0.4 is 0 Å². The summed E-state index contributed by atoms with van der Waals surface area (Å²) in [5.41, 5.74) is 1.06. The molecule has 0 aromatic carbocycles. The first-order chi connectivity index (χ1) is 7.83. The van der Waals surface area contributed by atoms with Crippen molar-refractivity contribution in [3.05, 3.63) is 18.0 Å². The van der Waals surface area contributed by atoms with Gasteiger partial charge in [-0.2, -0.15) is 5.10 Å². The molecule has 1 unspecified atom stereocenters. The molecule has 88 valence electrons. The molecule has 3 rings (SSSR count). The lowest BCUT2D eigenvalue weighted by Crippen LogP contribution is -2.14. The van der Waals surface area contributed by atoms with Crippen LogP contribution in [0.4, 0.5) is 0 Å². The Hall–Kier alpha value is -0.830. The highest BCUT2D eigenvalue weighted by atomic mass is 16.3. The Morgan fingerprint density at radius 1 is 1.31 bits per heavy atom. The Balaban J connectivity index is 1.62. The maximum atomic E-state index is 9.87. The predicted molar refractivity (Wildman–Crippen MR) is 62.2 cm³/mol. The van der Waals surface area contributed by atoms with Crippen molar-refractivity contribution < 1.29 is 5.11 Å². The van der Waals surface area contributed by atoms with Crippen LogP contribution in [0.2, 0.25) is 0 Å². The van der Waals surface area contributed by atoms with Crippen molar-refractivity contribution in [1.82, 2.24) is 9.78 Å². The molecule has 0 radical (unpaired) electrons. The molecule has 2 saturated carbocycles. The van der Waals surface area contributed by atoms with Gasteiger partial charge >= 0.3 is 0 Å². The molecule has 1 atom stereocenters. The smallest absolute Gasteiger partial charge is 0.0650 e. The molecular weight excluding hydrogens is 200 g/mol. The van der Waals surface area contributed by atoms with E-state index in [1.165, 1.54) is 38.5 Å². The lowest BCUT2D eigenvalue weighted by Gasteiger charge is -2.09. The Morgan fingerprint density at radius 3 is 2.75 bits per heavy atom. The van der Waals surface area contributed by atoms with Crippen molar-refractivity contribution in [3.63, 3.8) is 0 Å². The van der Waals surface area contributed by atoms with Crippen LogP contribution in [0.15, 0.2) is 12.3 Å². The fourth-order valence-corrected chi connectivity index (χ4v) is 2.72. The molecule has 0 amide bonds. The average Bonchev–Trinajstić information content (AvgIpc) is 2.80. The summed E-state index contributed by atoms with van der Waals surface area (Å²) in [6.45, 7) is 0. The zero-order valence-electron chi connectivity index (χ0n) is 9.68. The van der Waals surface area contributed by atoms with Gasteiger partial charge in [-0.3, -0.25) is 4.68 Å². The number of nitrogens with zero attached hydrogens (tertiary/aromatic N) is 2. The second-order valence-corrected chi connectivity index (χ2v) is 5.33. The number of aromatic nitrogens is 2. The third-order valence-electron chi connectivity index (χ3n) is 3.95. The van der Waals surface area contributed by atoms with Crippen molar-refractivity contribution in [2.75, 3.05) is 0 Å². The summed E-state index contributed by atoms with van der Waals surface area (Å²) < 4.78 is 2.11. The largest absolute Gasteiger partial charge is 0.392 e. The molecule has 2 aliphatic rings. The lowest BCUT2D eigenvalue weighted by atomic mass is 10.1. The maximum absolute atomic E-state index is 9.87. The summed E-state index contributed by atoms with van der Waals surface area (Å²) in [6.07, 6.45) is 10.3. The normalized spacial score (nSPS) is 23.8. The minimum absolute atomic E-state index is 0.160. The Bertz CT molecular complexity index is 351. The minimum atomic E-state index is -0.160. The van der Waals surface area contributed by atoms with Crippen LogP contribution in [-0.4, -0.2) is 21.0 Å². The van der Waals surface area contributed by atoms with Gasteiger partial charge in [-0.25, -0.2) is 0 Å². The molecule has 0 spiro atoms. The molecular formula is C13H20N2O. The molecule has 0 saturated heterocycles. The molecule has 3 heteroatoms. The van der Waals surface area contributed by atoms with Crippen LogP contribution in [0, 0.1) is 5.92 Å². The van der Waals surface area contributed by atoms with Gasteiger partial charge in [0.1, 0.15) is 0 Å². The van der Waals surface area contributed by atoms with Gasteiger partial charge in [0.05, 0.1) is 17.8 Å². The fourth-order valence-electron chi connectivity index (χ4n) is 2.72. The summed E-state index contributed by atoms with van der Waals surface area (Å²) in [4.78, 5) is 0. The molecule has 2 aliphatic carbocycles. The highest BCUT2D eigenvalue weighted by Crippen LogP contribution is 2.34. The standard InChI is InChI=1S/C13H20N2O/c16-13(10-5-6-10)9-11-7-8-15(14-11)12-3-1-2-4-12/h7-8,10,12-13,16H,1-6,9H2. The summed E-state index contributed by atoms with van der Waals surface area (Å²) in [5.74, 6) is 0.552. The zero-order chi connectivity index (χ0) is 11.0. The highest BCUT2D eigenvalue weighted by molar-refractivity contribution is 5.03. The van der Waals surface area contributed by atoms with Crippen LogP contribution in [-0.2, 0) is 6.42 Å². The van der Waals surface area contributed by atoms with Gasteiger partial charge in [-0.1, -0.05) is 12.8 Å². The third-order valence-corrected chi connectivity index (χ3v) is 3.95. The van der Waals surface area contributed by atoms with E-state index in [1.54, 1.807) is 0 Å². The molecule has 0 aliphatic heterocycles. The van der Waals surface area contributed by atoms with E-state index >= 15 is 0 Å². The van der Waals surface area contributed by atoms with E-state index in [-0.39, 0.29) is 6.10 Å². The van der Waals surface area contributed by atoms with E-state index in [0.29, 0.717) is 12.0 Å². The van der Waals surface area contributed by atoms with Gasteiger partial charge < -0.3 is 5.11 Å². The van der Waals surface area contributed by atoms with E-state index in [4.69, 9.17) is 0 Å². The summed E-state index contributed by atoms with van der Waals surface area (Å²) in [6, 6.07) is 2.69. The summed E-state index contributed by atoms with van der Waals surface area (Å²) in [5, 5.41) is 14.5. The molecule has 2 fully saturated rings. The van der Waals surface area contributed by atoms with Gasteiger partial charge in [0, 0.05) is 12.6 Å². The van der Waals surface area contributed by atoms with Crippen molar-refractivity contribution in [2.24, 2.45) is 5.92 Å². The van der Waals surface area contributed by atoms with E-state index in [2.05, 4.69) is 22.0 Å². The van der Waals surface area contributed by atoms with Crippen molar-refractivity contribution >= 4 is 0 Å². The van der Waals surface area contributed by atoms with Gasteiger partial charge in [-0.15, -0.1) is 0 Å². The van der Waals surface area contributed by atoms with Crippen LogP contribution >= 0.6 is 0 Å². The van der Waals surface area contributed by atoms with E-state index in [1.807, 2.05) is 0 Å². The van der Waals surface area contributed by atoms with E-state index in [9.17, 15) is 5.11 Å². The second kappa shape index (κ2) is 4.21. The van der Waals surface area contributed by atoms with Gasteiger partial charge in [0.2, 0.25) is 0 Å². The number of rotatable bonds is 4. The summed E-state index contributed by atoms with van der Waals surface area (Å²) in [7, 11) is 0. The van der Waals surface area contributed by atoms with Crippen molar-refractivity contribution in [2.45, 2.75) is 57.1 Å². The van der Waals surface area contributed by atoms with Crippen LogP contribution in [0.25, 0.3) is 0 Å². The zero-order valence-corrected chi connectivity index (χ0v) is 9.68. The highest BCUT2D eigenvalue weighted by Gasteiger charge is 2.30. The molecule has 16 heavy (non-hydrogen) atoms.